The zero-order chi connectivity index (χ0) is 13.1. The molecule has 96 valence electrons. The first-order chi connectivity index (χ1) is 8.69. The van der Waals surface area contributed by atoms with Gasteiger partial charge in [-0.05, 0) is 18.7 Å². The van der Waals surface area contributed by atoms with Gasteiger partial charge in [0.1, 0.15) is 0 Å². The second-order valence-corrected chi connectivity index (χ2v) is 4.16. The molecule has 0 saturated heterocycles. The van der Waals surface area contributed by atoms with Crippen LogP contribution in [0.1, 0.15) is 27.6 Å². The fraction of sp³-hybridized carbons (Fsp3) is 0.385. The van der Waals surface area contributed by atoms with Crippen LogP contribution in [-0.2, 0) is 0 Å². The van der Waals surface area contributed by atoms with Crippen LogP contribution < -0.4 is 0 Å². The third-order valence-electron chi connectivity index (χ3n) is 3.08. The van der Waals surface area contributed by atoms with Crippen molar-refractivity contribution < 1.29 is 14.7 Å². The highest BCUT2D eigenvalue weighted by atomic mass is 16.3. The molecule has 18 heavy (non-hydrogen) atoms. The van der Waals surface area contributed by atoms with Gasteiger partial charge in [0.15, 0.2) is 0 Å². The number of likely N-dealkylation sites (N-methyl/N-ethyl adjacent to an activating group) is 1. The van der Waals surface area contributed by atoms with Crippen LogP contribution in [0.25, 0.3) is 0 Å². The van der Waals surface area contributed by atoms with Gasteiger partial charge in [-0.3, -0.25) is 19.4 Å². The minimum absolute atomic E-state index is 0.0109. The van der Waals surface area contributed by atoms with E-state index in [0.29, 0.717) is 24.2 Å². The molecular weight excluding hydrogens is 232 g/mol. The molecular formula is C13H16N2O3. The van der Waals surface area contributed by atoms with Crippen LogP contribution in [0.2, 0.25) is 0 Å². The Labute approximate surface area is 106 Å². The van der Waals surface area contributed by atoms with Crippen molar-refractivity contribution in [2.24, 2.45) is 0 Å². The molecule has 0 atom stereocenters. The Bertz CT molecular complexity index is 438. The predicted octanol–water partition coefficient (Wildman–Crippen LogP) is 0.554. The number of benzene rings is 1. The van der Waals surface area contributed by atoms with E-state index in [2.05, 4.69) is 0 Å². The van der Waals surface area contributed by atoms with Crippen LogP contribution in [0.4, 0.5) is 0 Å². The molecule has 1 aliphatic heterocycles. The standard InChI is InChI=1S/C13H16N2O3/c1-2-14(7-8-16)9-15-12(17)10-5-3-4-6-11(10)13(15)18/h3-6,16H,2,7-9H2,1H3. The molecule has 0 bridgehead atoms. The molecule has 0 unspecified atom stereocenters. The van der Waals surface area contributed by atoms with Crippen molar-refractivity contribution in [2.75, 3.05) is 26.4 Å². The maximum absolute atomic E-state index is 12.1. The van der Waals surface area contributed by atoms with E-state index >= 15 is 0 Å². The summed E-state index contributed by atoms with van der Waals surface area (Å²) in [5.41, 5.74) is 0.921. The highest BCUT2D eigenvalue weighted by molar-refractivity contribution is 6.21. The van der Waals surface area contributed by atoms with Crippen molar-refractivity contribution in [2.45, 2.75) is 6.92 Å². The molecule has 0 fully saturated rings. The van der Waals surface area contributed by atoms with Crippen molar-refractivity contribution >= 4 is 11.8 Å². The second-order valence-electron chi connectivity index (χ2n) is 4.16. The monoisotopic (exact) mass is 248 g/mol. The molecule has 2 amide bonds. The van der Waals surface area contributed by atoms with Gasteiger partial charge < -0.3 is 5.11 Å². The molecule has 0 aromatic heterocycles. The van der Waals surface area contributed by atoms with Crippen LogP contribution >= 0.6 is 0 Å². The Morgan fingerprint density at radius 1 is 1.17 bits per heavy atom. The van der Waals surface area contributed by atoms with Gasteiger partial charge in [0.25, 0.3) is 11.8 Å². The lowest BCUT2D eigenvalue weighted by molar-refractivity contribution is 0.0526. The van der Waals surface area contributed by atoms with E-state index in [4.69, 9.17) is 5.11 Å². The molecule has 1 heterocycles. The Balaban J connectivity index is 2.18. The van der Waals surface area contributed by atoms with Crippen molar-refractivity contribution in [1.82, 2.24) is 9.80 Å². The topological polar surface area (TPSA) is 60.9 Å². The molecule has 0 radical (unpaired) electrons. The predicted molar refractivity (Wildman–Crippen MR) is 66.1 cm³/mol. The Morgan fingerprint density at radius 3 is 2.17 bits per heavy atom. The van der Waals surface area contributed by atoms with E-state index in [1.54, 1.807) is 24.3 Å². The van der Waals surface area contributed by atoms with Crippen molar-refractivity contribution in [3.05, 3.63) is 35.4 Å². The van der Waals surface area contributed by atoms with Gasteiger partial charge in [-0.15, -0.1) is 0 Å². The van der Waals surface area contributed by atoms with Gasteiger partial charge in [-0.25, -0.2) is 0 Å². The van der Waals surface area contributed by atoms with E-state index in [1.807, 2.05) is 11.8 Å². The summed E-state index contributed by atoms with van der Waals surface area (Å²) >= 11 is 0. The van der Waals surface area contributed by atoms with Crippen molar-refractivity contribution in [3.8, 4) is 0 Å². The maximum atomic E-state index is 12.1. The number of amides is 2. The van der Waals surface area contributed by atoms with Gasteiger partial charge in [0.2, 0.25) is 0 Å². The third kappa shape index (κ3) is 2.14. The molecule has 5 heteroatoms. The number of hydrogen-bond acceptors (Lipinski definition) is 4. The molecule has 1 N–H and O–H groups in total. The van der Waals surface area contributed by atoms with Gasteiger partial charge in [0, 0.05) is 6.54 Å². The Kier molecular flexibility index (Phi) is 3.74. The highest BCUT2D eigenvalue weighted by Gasteiger charge is 2.35. The van der Waals surface area contributed by atoms with E-state index in [-0.39, 0.29) is 25.1 Å². The van der Waals surface area contributed by atoms with E-state index in [9.17, 15) is 9.59 Å². The summed E-state index contributed by atoms with van der Waals surface area (Å²) in [6.07, 6.45) is 0. The van der Waals surface area contributed by atoms with Crippen LogP contribution in [-0.4, -0.2) is 53.1 Å². The molecule has 1 aromatic carbocycles. The van der Waals surface area contributed by atoms with Gasteiger partial charge in [-0.2, -0.15) is 0 Å². The van der Waals surface area contributed by atoms with Crippen LogP contribution in [0.15, 0.2) is 24.3 Å². The maximum Gasteiger partial charge on any atom is 0.262 e. The summed E-state index contributed by atoms with van der Waals surface area (Å²) in [5, 5.41) is 8.92. The lowest BCUT2D eigenvalue weighted by Gasteiger charge is -2.24. The zero-order valence-electron chi connectivity index (χ0n) is 10.3. The first-order valence-electron chi connectivity index (χ1n) is 5.97. The number of imide groups is 1. The quantitative estimate of drug-likeness (QED) is 0.773. The minimum atomic E-state index is -0.257. The number of carbonyl (C=O) groups excluding carboxylic acids is 2. The second kappa shape index (κ2) is 5.29. The van der Waals surface area contributed by atoms with Gasteiger partial charge >= 0.3 is 0 Å². The average molecular weight is 248 g/mol. The molecule has 0 spiro atoms. The fourth-order valence-corrected chi connectivity index (χ4v) is 2.04. The molecule has 0 saturated carbocycles. The summed E-state index contributed by atoms with van der Waals surface area (Å²) in [5.74, 6) is -0.515. The smallest absolute Gasteiger partial charge is 0.262 e. The summed E-state index contributed by atoms with van der Waals surface area (Å²) < 4.78 is 0. The average Bonchev–Trinajstić information content (AvgIpc) is 2.64. The van der Waals surface area contributed by atoms with E-state index in [1.165, 1.54) is 4.90 Å². The number of carbonyl (C=O) groups is 2. The lowest BCUT2D eigenvalue weighted by atomic mass is 10.1. The van der Waals surface area contributed by atoms with Crippen LogP contribution in [0.3, 0.4) is 0 Å². The van der Waals surface area contributed by atoms with Gasteiger partial charge in [0.05, 0.1) is 24.4 Å². The van der Waals surface area contributed by atoms with E-state index in [0.717, 1.165) is 0 Å². The normalized spacial score (nSPS) is 14.5. The molecule has 5 nitrogen and oxygen atoms in total. The molecule has 2 rings (SSSR count). The highest BCUT2D eigenvalue weighted by Crippen LogP contribution is 2.22. The number of hydrogen-bond donors (Lipinski definition) is 1. The number of aliphatic hydroxyl groups excluding tert-OH is 1. The van der Waals surface area contributed by atoms with E-state index < -0.39 is 0 Å². The van der Waals surface area contributed by atoms with Crippen LogP contribution in [0, 0.1) is 0 Å². The summed E-state index contributed by atoms with van der Waals surface area (Å²) in [7, 11) is 0. The summed E-state index contributed by atoms with van der Waals surface area (Å²) in [4.78, 5) is 27.2. The lowest BCUT2D eigenvalue weighted by Crippen LogP contribution is -2.42. The third-order valence-corrected chi connectivity index (χ3v) is 3.08. The molecule has 0 aliphatic carbocycles. The van der Waals surface area contributed by atoms with Gasteiger partial charge in [-0.1, -0.05) is 19.1 Å². The first kappa shape index (κ1) is 12.7. The first-order valence-corrected chi connectivity index (χ1v) is 5.97. The Morgan fingerprint density at radius 2 is 1.72 bits per heavy atom. The minimum Gasteiger partial charge on any atom is -0.395 e. The number of rotatable bonds is 5. The molecule has 1 aliphatic rings. The number of nitrogens with zero attached hydrogens (tertiary/aromatic N) is 2. The van der Waals surface area contributed by atoms with Crippen LogP contribution in [0.5, 0.6) is 0 Å². The number of fused-ring (bicyclic) bond motifs is 1. The summed E-state index contributed by atoms with van der Waals surface area (Å²) in [6, 6.07) is 6.83. The largest absolute Gasteiger partial charge is 0.395 e. The van der Waals surface area contributed by atoms with Crippen molar-refractivity contribution in [1.29, 1.82) is 0 Å². The fourth-order valence-electron chi connectivity index (χ4n) is 2.04. The molecule has 1 aromatic rings. The number of aliphatic hydroxyl groups is 1. The van der Waals surface area contributed by atoms with Crippen molar-refractivity contribution in [3.63, 3.8) is 0 Å². The zero-order valence-corrected chi connectivity index (χ0v) is 10.3. The summed E-state index contributed by atoms with van der Waals surface area (Å²) in [6.45, 7) is 3.28. The Hall–Kier alpha value is -1.72. The SMILES string of the molecule is CCN(CCO)CN1C(=O)c2ccccc2C1=O.